The molecule has 0 aliphatic carbocycles. The number of benzene rings is 2. The molecule has 0 saturated heterocycles. The summed E-state index contributed by atoms with van der Waals surface area (Å²) in [6.07, 6.45) is 0.429. The summed E-state index contributed by atoms with van der Waals surface area (Å²) in [6.45, 7) is 0. The number of rotatable bonds is 5. The average Bonchev–Trinajstić information content (AvgIpc) is 2.46. The van der Waals surface area contributed by atoms with Crippen LogP contribution in [-0.2, 0) is 11.2 Å². The van der Waals surface area contributed by atoms with Crippen molar-refractivity contribution in [2.24, 2.45) is 5.73 Å². The molecule has 4 heteroatoms. The highest BCUT2D eigenvalue weighted by Gasteiger charge is 2.20. The molecular weight excluding hydrogens is 293 g/mol. The summed E-state index contributed by atoms with van der Waals surface area (Å²) in [4.78, 5) is 0. The Morgan fingerprint density at radius 2 is 1.75 bits per heavy atom. The molecule has 2 aromatic rings. The molecule has 0 amide bonds. The van der Waals surface area contributed by atoms with Gasteiger partial charge in [-0.05, 0) is 23.6 Å². The second kappa shape index (κ2) is 7.09. The van der Waals surface area contributed by atoms with Crippen molar-refractivity contribution >= 4 is 23.2 Å². The normalized spacial score (nSPS) is 14.0. The first-order valence-electron chi connectivity index (χ1n) is 6.39. The van der Waals surface area contributed by atoms with Crippen molar-refractivity contribution in [1.29, 1.82) is 0 Å². The maximum Gasteiger partial charge on any atom is 0.0975 e. The highest BCUT2D eigenvalue weighted by Crippen LogP contribution is 2.29. The van der Waals surface area contributed by atoms with Gasteiger partial charge < -0.3 is 10.5 Å². The number of ether oxygens (including phenoxy) is 1. The van der Waals surface area contributed by atoms with Crippen LogP contribution in [0.4, 0.5) is 0 Å². The van der Waals surface area contributed by atoms with Gasteiger partial charge in [-0.1, -0.05) is 65.7 Å². The van der Waals surface area contributed by atoms with Crippen LogP contribution < -0.4 is 5.73 Å². The van der Waals surface area contributed by atoms with E-state index in [9.17, 15) is 0 Å². The number of hydrogen-bond acceptors (Lipinski definition) is 2. The molecule has 2 nitrogen and oxygen atoms in total. The van der Waals surface area contributed by atoms with Crippen molar-refractivity contribution in [3.63, 3.8) is 0 Å². The lowest BCUT2D eigenvalue weighted by molar-refractivity contribution is 0.0803. The van der Waals surface area contributed by atoms with Crippen LogP contribution >= 0.6 is 23.2 Å². The minimum atomic E-state index is -0.196. The van der Waals surface area contributed by atoms with Crippen LogP contribution in [0, 0.1) is 0 Å². The van der Waals surface area contributed by atoms with E-state index in [1.54, 1.807) is 13.2 Å². The van der Waals surface area contributed by atoms with Crippen LogP contribution in [0.15, 0.2) is 48.5 Å². The van der Waals surface area contributed by atoms with E-state index in [1.807, 2.05) is 42.5 Å². The molecule has 0 spiro atoms. The van der Waals surface area contributed by atoms with Gasteiger partial charge in [0.05, 0.1) is 16.1 Å². The Bertz CT molecular complexity index is 560. The Hall–Kier alpha value is -1.06. The van der Waals surface area contributed by atoms with Crippen LogP contribution in [0.2, 0.25) is 10.0 Å². The van der Waals surface area contributed by atoms with Crippen molar-refractivity contribution in [1.82, 2.24) is 0 Å². The van der Waals surface area contributed by atoms with E-state index < -0.39 is 0 Å². The van der Waals surface area contributed by atoms with Gasteiger partial charge >= 0.3 is 0 Å². The predicted octanol–water partition coefficient (Wildman–Crippen LogP) is 4.25. The summed E-state index contributed by atoms with van der Waals surface area (Å²) in [5, 5.41) is 1.11. The standard InChI is InChI=1S/C16H17Cl2NO/c1-20-16(11-6-3-2-4-7-11)14(19)10-12-8-5-9-13(17)15(12)18/h2-9,14,16H,10,19H2,1H3. The van der Waals surface area contributed by atoms with Crippen molar-refractivity contribution < 1.29 is 4.74 Å². The third-order valence-electron chi connectivity index (χ3n) is 3.26. The fraction of sp³-hybridized carbons (Fsp3) is 0.250. The molecule has 20 heavy (non-hydrogen) atoms. The van der Waals surface area contributed by atoms with Crippen LogP contribution in [0.3, 0.4) is 0 Å². The van der Waals surface area contributed by atoms with E-state index in [-0.39, 0.29) is 12.1 Å². The van der Waals surface area contributed by atoms with Gasteiger partial charge in [-0.2, -0.15) is 0 Å². The first kappa shape index (κ1) is 15.3. The highest BCUT2D eigenvalue weighted by molar-refractivity contribution is 6.42. The average molecular weight is 310 g/mol. The third-order valence-corrected chi connectivity index (χ3v) is 4.12. The summed E-state index contributed by atoms with van der Waals surface area (Å²) in [5.74, 6) is 0. The van der Waals surface area contributed by atoms with Gasteiger partial charge in [0, 0.05) is 13.2 Å². The lowest BCUT2D eigenvalue weighted by Gasteiger charge is -2.23. The zero-order valence-electron chi connectivity index (χ0n) is 11.2. The Balaban J connectivity index is 2.18. The molecule has 2 N–H and O–H groups in total. The molecule has 2 unspecified atom stereocenters. The van der Waals surface area contributed by atoms with Gasteiger partial charge in [-0.3, -0.25) is 0 Å². The van der Waals surface area contributed by atoms with Gasteiger partial charge in [0.25, 0.3) is 0 Å². The van der Waals surface area contributed by atoms with E-state index >= 15 is 0 Å². The molecule has 2 rings (SSSR count). The second-order valence-corrected chi connectivity index (χ2v) is 5.43. The molecule has 0 fully saturated rings. The van der Waals surface area contributed by atoms with E-state index in [0.29, 0.717) is 16.5 Å². The third kappa shape index (κ3) is 3.53. The van der Waals surface area contributed by atoms with Crippen LogP contribution in [0.5, 0.6) is 0 Å². The molecule has 0 aliphatic heterocycles. The molecular formula is C16H17Cl2NO. The van der Waals surface area contributed by atoms with Crippen molar-refractivity contribution in [3.05, 3.63) is 69.7 Å². The summed E-state index contributed by atoms with van der Waals surface area (Å²) < 4.78 is 5.54. The molecule has 2 atom stereocenters. The largest absolute Gasteiger partial charge is 0.375 e. The summed E-state index contributed by atoms with van der Waals surface area (Å²) >= 11 is 12.2. The topological polar surface area (TPSA) is 35.2 Å². The molecule has 0 radical (unpaired) electrons. The lowest BCUT2D eigenvalue weighted by Crippen LogP contribution is -2.32. The number of hydrogen-bond donors (Lipinski definition) is 1. The van der Waals surface area contributed by atoms with Gasteiger partial charge in [0.2, 0.25) is 0 Å². The number of halogens is 2. The fourth-order valence-electron chi connectivity index (χ4n) is 2.27. The van der Waals surface area contributed by atoms with Crippen LogP contribution in [0.25, 0.3) is 0 Å². The molecule has 0 heterocycles. The Morgan fingerprint density at radius 1 is 1.05 bits per heavy atom. The fourth-order valence-corrected chi connectivity index (χ4v) is 2.67. The maximum absolute atomic E-state index is 6.28. The Kier molecular flexibility index (Phi) is 5.44. The monoisotopic (exact) mass is 309 g/mol. The van der Waals surface area contributed by atoms with Crippen molar-refractivity contribution in [2.75, 3.05) is 7.11 Å². The molecule has 0 saturated carbocycles. The van der Waals surface area contributed by atoms with E-state index in [2.05, 4.69) is 0 Å². The molecule has 0 aliphatic rings. The minimum absolute atomic E-state index is 0.175. The zero-order chi connectivity index (χ0) is 14.5. The molecule has 0 aromatic heterocycles. The minimum Gasteiger partial charge on any atom is -0.375 e. The zero-order valence-corrected chi connectivity index (χ0v) is 12.7. The number of nitrogens with two attached hydrogens (primary N) is 1. The van der Waals surface area contributed by atoms with E-state index in [4.69, 9.17) is 33.7 Å². The van der Waals surface area contributed by atoms with Crippen molar-refractivity contribution in [2.45, 2.75) is 18.6 Å². The van der Waals surface area contributed by atoms with Gasteiger partial charge in [0.15, 0.2) is 0 Å². The van der Waals surface area contributed by atoms with Gasteiger partial charge in [-0.25, -0.2) is 0 Å². The summed E-state index contributed by atoms with van der Waals surface area (Å²) in [6, 6.07) is 15.3. The SMILES string of the molecule is COC(c1ccccc1)C(N)Cc1cccc(Cl)c1Cl. The molecule has 106 valence electrons. The quantitative estimate of drug-likeness (QED) is 0.896. The van der Waals surface area contributed by atoms with E-state index in [1.165, 1.54) is 0 Å². The predicted molar refractivity (Wildman–Crippen MR) is 84.3 cm³/mol. The van der Waals surface area contributed by atoms with E-state index in [0.717, 1.165) is 11.1 Å². The Morgan fingerprint density at radius 3 is 2.40 bits per heavy atom. The summed E-state index contributed by atoms with van der Waals surface area (Å²) in [7, 11) is 1.66. The van der Waals surface area contributed by atoms with Crippen LogP contribution in [-0.4, -0.2) is 13.2 Å². The maximum atomic E-state index is 6.28. The second-order valence-electron chi connectivity index (χ2n) is 4.65. The molecule has 2 aromatic carbocycles. The summed E-state index contributed by atoms with van der Waals surface area (Å²) in [5.41, 5.74) is 8.28. The van der Waals surface area contributed by atoms with Crippen molar-refractivity contribution in [3.8, 4) is 0 Å². The molecule has 0 bridgehead atoms. The number of methoxy groups -OCH3 is 1. The highest BCUT2D eigenvalue weighted by atomic mass is 35.5. The first-order chi connectivity index (χ1) is 9.63. The van der Waals surface area contributed by atoms with Gasteiger partial charge in [0.1, 0.15) is 0 Å². The van der Waals surface area contributed by atoms with Gasteiger partial charge in [-0.15, -0.1) is 0 Å². The van der Waals surface area contributed by atoms with Crippen LogP contribution in [0.1, 0.15) is 17.2 Å². The lowest BCUT2D eigenvalue weighted by atomic mass is 9.96. The smallest absolute Gasteiger partial charge is 0.0975 e. The first-order valence-corrected chi connectivity index (χ1v) is 7.15. The Labute approximate surface area is 129 Å².